The van der Waals surface area contributed by atoms with Crippen LogP contribution in [0.25, 0.3) is 10.2 Å². The minimum atomic E-state index is -3.55. The van der Waals surface area contributed by atoms with Crippen LogP contribution in [0, 0.1) is 0 Å². The molecule has 2 aromatic rings. The molecule has 2 saturated heterocycles. The maximum atomic E-state index is 12.8. The van der Waals surface area contributed by atoms with Crippen LogP contribution in [0.4, 0.5) is 5.13 Å². The number of likely N-dealkylation sites (tertiary alicyclic amines) is 1. The molecule has 0 atom stereocenters. The van der Waals surface area contributed by atoms with Crippen LogP contribution < -0.4 is 5.32 Å². The van der Waals surface area contributed by atoms with Gasteiger partial charge in [0.15, 0.2) is 5.13 Å². The zero-order chi connectivity index (χ0) is 20.3. The number of carbonyl (C=O) groups excluding carboxylic acids is 1. The molecule has 1 aromatic heterocycles. The third-order valence-corrected chi connectivity index (χ3v) is 8.11. The molecular formula is C19H26N4O4S2. The number of nitrogens with zero attached hydrogens (tertiary/aromatic N) is 3. The number of aromatic nitrogens is 1. The van der Waals surface area contributed by atoms with E-state index in [2.05, 4.69) is 15.2 Å². The Hall–Kier alpha value is -1.59. The SMILES string of the molecule is O=C(CN1CCCCCC1)Nc1nc2ccc(S(=O)(=O)N3CCOCC3)cc2s1. The Balaban J connectivity index is 1.46. The van der Waals surface area contributed by atoms with Gasteiger partial charge in [0, 0.05) is 13.1 Å². The van der Waals surface area contributed by atoms with E-state index in [0.717, 1.165) is 30.6 Å². The van der Waals surface area contributed by atoms with E-state index < -0.39 is 10.0 Å². The van der Waals surface area contributed by atoms with Crippen molar-refractivity contribution < 1.29 is 17.9 Å². The highest BCUT2D eigenvalue weighted by Crippen LogP contribution is 2.29. The standard InChI is InChI=1S/C19H26N4O4S2/c24-18(14-22-7-3-1-2-4-8-22)21-19-20-16-6-5-15(13-17(16)28-19)29(25,26)23-9-11-27-12-10-23/h5-6,13H,1-4,7-12,14H2,(H,20,21,24). The number of sulfonamides is 1. The molecular weight excluding hydrogens is 412 g/mol. The number of thiazole rings is 1. The van der Waals surface area contributed by atoms with Crippen molar-refractivity contribution in [2.75, 3.05) is 51.3 Å². The molecule has 2 fully saturated rings. The fraction of sp³-hybridized carbons (Fsp3) is 0.579. The first-order chi connectivity index (χ1) is 14.0. The molecule has 158 valence electrons. The number of ether oxygens (including phenoxy) is 1. The first-order valence-corrected chi connectivity index (χ1v) is 12.3. The van der Waals surface area contributed by atoms with E-state index in [1.165, 1.54) is 28.5 Å². The van der Waals surface area contributed by atoms with Crippen molar-refractivity contribution in [3.63, 3.8) is 0 Å². The lowest BCUT2D eigenvalue weighted by Crippen LogP contribution is -2.40. The monoisotopic (exact) mass is 438 g/mol. The lowest BCUT2D eigenvalue weighted by Gasteiger charge is -2.25. The summed E-state index contributed by atoms with van der Waals surface area (Å²) in [4.78, 5) is 19.3. The molecule has 1 aromatic carbocycles. The van der Waals surface area contributed by atoms with Gasteiger partial charge >= 0.3 is 0 Å². The Morgan fingerprint density at radius 1 is 1.10 bits per heavy atom. The zero-order valence-corrected chi connectivity index (χ0v) is 17.9. The highest BCUT2D eigenvalue weighted by Gasteiger charge is 2.26. The predicted octanol–water partition coefficient (Wildman–Crippen LogP) is 2.13. The number of morpholine rings is 1. The molecule has 29 heavy (non-hydrogen) atoms. The second-order valence-electron chi connectivity index (χ2n) is 7.40. The number of amides is 1. The van der Waals surface area contributed by atoms with Gasteiger partial charge in [-0.15, -0.1) is 0 Å². The minimum absolute atomic E-state index is 0.0767. The van der Waals surface area contributed by atoms with E-state index in [4.69, 9.17) is 4.74 Å². The predicted molar refractivity (Wildman–Crippen MR) is 113 cm³/mol. The molecule has 1 N–H and O–H groups in total. The summed E-state index contributed by atoms with van der Waals surface area (Å²) in [7, 11) is -3.55. The van der Waals surface area contributed by atoms with E-state index in [1.54, 1.807) is 18.2 Å². The van der Waals surface area contributed by atoms with Crippen LogP contribution in [0.15, 0.2) is 23.1 Å². The van der Waals surface area contributed by atoms with Gasteiger partial charge in [-0.3, -0.25) is 9.69 Å². The van der Waals surface area contributed by atoms with E-state index in [1.807, 2.05) is 0 Å². The second-order valence-corrected chi connectivity index (χ2v) is 10.4. The van der Waals surface area contributed by atoms with Crippen molar-refractivity contribution in [3.05, 3.63) is 18.2 Å². The van der Waals surface area contributed by atoms with Crippen LogP contribution in [0.2, 0.25) is 0 Å². The van der Waals surface area contributed by atoms with Crippen molar-refractivity contribution in [1.29, 1.82) is 0 Å². The molecule has 0 bridgehead atoms. The van der Waals surface area contributed by atoms with Crippen LogP contribution in [-0.2, 0) is 19.6 Å². The summed E-state index contributed by atoms with van der Waals surface area (Å²) in [5.74, 6) is -0.0767. The van der Waals surface area contributed by atoms with Gasteiger partial charge < -0.3 is 10.1 Å². The van der Waals surface area contributed by atoms with Gasteiger partial charge in [0.25, 0.3) is 0 Å². The first kappa shape index (κ1) is 20.7. The molecule has 0 spiro atoms. The summed E-state index contributed by atoms with van der Waals surface area (Å²) >= 11 is 1.30. The summed E-state index contributed by atoms with van der Waals surface area (Å²) in [5, 5.41) is 3.37. The van der Waals surface area contributed by atoms with E-state index in [0.29, 0.717) is 43.5 Å². The van der Waals surface area contributed by atoms with Crippen molar-refractivity contribution in [2.45, 2.75) is 30.6 Å². The van der Waals surface area contributed by atoms with Crippen LogP contribution in [-0.4, -0.2) is 74.5 Å². The molecule has 0 aliphatic carbocycles. The minimum Gasteiger partial charge on any atom is -0.379 e. The fourth-order valence-electron chi connectivity index (χ4n) is 3.71. The van der Waals surface area contributed by atoms with Crippen LogP contribution in [0.1, 0.15) is 25.7 Å². The number of hydrogen-bond donors (Lipinski definition) is 1. The number of rotatable bonds is 5. The number of nitrogens with one attached hydrogen (secondary N) is 1. The average Bonchev–Trinajstić information content (AvgIpc) is 2.93. The Morgan fingerprint density at radius 3 is 2.55 bits per heavy atom. The van der Waals surface area contributed by atoms with Gasteiger partial charge in [-0.05, 0) is 44.1 Å². The zero-order valence-electron chi connectivity index (χ0n) is 16.3. The smallest absolute Gasteiger partial charge is 0.243 e. The highest BCUT2D eigenvalue weighted by atomic mass is 32.2. The Labute approximate surface area is 174 Å². The number of carbonyl (C=O) groups is 1. The topological polar surface area (TPSA) is 91.8 Å². The van der Waals surface area contributed by atoms with Crippen molar-refractivity contribution in [1.82, 2.24) is 14.2 Å². The molecule has 1 amide bonds. The summed E-state index contributed by atoms with van der Waals surface area (Å²) < 4.78 is 33.1. The molecule has 0 unspecified atom stereocenters. The van der Waals surface area contributed by atoms with Gasteiger partial charge in [0.1, 0.15) is 0 Å². The molecule has 0 radical (unpaired) electrons. The van der Waals surface area contributed by atoms with Gasteiger partial charge in [-0.25, -0.2) is 13.4 Å². The molecule has 10 heteroatoms. The first-order valence-electron chi connectivity index (χ1n) is 10.0. The van der Waals surface area contributed by atoms with Gasteiger partial charge in [0.2, 0.25) is 15.9 Å². The molecule has 3 heterocycles. The van der Waals surface area contributed by atoms with Crippen LogP contribution in [0.3, 0.4) is 0 Å². The fourth-order valence-corrected chi connectivity index (χ4v) is 6.14. The number of benzene rings is 1. The molecule has 0 saturated carbocycles. The molecule has 8 nitrogen and oxygen atoms in total. The average molecular weight is 439 g/mol. The van der Waals surface area contributed by atoms with Gasteiger partial charge in [-0.2, -0.15) is 4.31 Å². The lowest BCUT2D eigenvalue weighted by molar-refractivity contribution is -0.117. The second kappa shape index (κ2) is 9.05. The molecule has 2 aliphatic rings. The summed E-state index contributed by atoms with van der Waals surface area (Å²) in [6.45, 7) is 3.82. The van der Waals surface area contributed by atoms with E-state index in [-0.39, 0.29) is 10.8 Å². The molecule has 2 aliphatic heterocycles. The van der Waals surface area contributed by atoms with Crippen LogP contribution in [0.5, 0.6) is 0 Å². The van der Waals surface area contributed by atoms with Gasteiger partial charge in [-0.1, -0.05) is 24.2 Å². The summed E-state index contributed by atoms with van der Waals surface area (Å²) in [6.07, 6.45) is 4.72. The number of fused-ring (bicyclic) bond motifs is 1. The van der Waals surface area contributed by atoms with E-state index in [9.17, 15) is 13.2 Å². The quantitative estimate of drug-likeness (QED) is 0.769. The van der Waals surface area contributed by atoms with E-state index >= 15 is 0 Å². The molecule has 4 rings (SSSR count). The third kappa shape index (κ3) is 4.95. The Kier molecular flexibility index (Phi) is 6.45. The van der Waals surface area contributed by atoms with Crippen LogP contribution >= 0.6 is 11.3 Å². The summed E-state index contributed by atoms with van der Waals surface area (Å²) in [6, 6.07) is 4.92. The number of anilines is 1. The Morgan fingerprint density at radius 2 is 1.83 bits per heavy atom. The van der Waals surface area contributed by atoms with Crippen molar-refractivity contribution in [2.24, 2.45) is 0 Å². The lowest BCUT2D eigenvalue weighted by atomic mass is 10.2. The van der Waals surface area contributed by atoms with Crippen molar-refractivity contribution >= 4 is 42.6 Å². The largest absolute Gasteiger partial charge is 0.379 e. The van der Waals surface area contributed by atoms with Gasteiger partial charge in [0.05, 0.1) is 34.9 Å². The maximum Gasteiger partial charge on any atom is 0.243 e. The normalized spacial score (nSPS) is 19.9. The maximum absolute atomic E-state index is 12.8. The Bertz CT molecular complexity index is 962. The highest BCUT2D eigenvalue weighted by molar-refractivity contribution is 7.89. The summed E-state index contributed by atoms with van der Waals surface area (Å²) in [5.41, 5.74) is 0.681. The van der Waals surface area contributed by atoms with Crippen molar-refractivity contribution in [3.8, 4) is 0 Å². The number of hydrogen-bond acceptors (Lipinski definition) is 7. The third-order valence-electron chi connectivity index (χ3n) is 5.28.